The predicted molar refractivity (Wildman–Crippen MR) is 41.1 cm³/mol. The van der Waals surface area contributed by atoms with Crippen LogP contribution in [0, 0.1) is 0 Å². The average molecular weight is 186 g/mol. The molecule has 1 aromatic heterocycles. The van der Waals surface area contributed by atoms with Gasteiger partial charge in [0.15, 0.2) is 0 Å². The molecule has 2 aromatic rings. The van der Waals surface area contributed by atoms with Crippen LogP contribution in [0.2, 0.25) is 0 Å². The molecule has 0 fully saturated rings. The summed E-state index contributed by atoms with van der Waals surface area (Å²) in [4.78, 5) is 6.44. The van der Waals surface area contributed by atoms with Crippen molar-refractivity contribution in [2.75, 3.05) is 0 Å². The second-order valence-corrected chi connectivity index (χ2v) is 2.63. The van der Waals surface area contributed by atoms with E-state index in [2.05, 4.69) is 9.97 Å². The van der Waals surface area contributed by atoms with Crippen LogP contribution in [0.15, 0.2) is 24.5 Å². The zero-order valence-electron chi connectivity index (χ0n) is 6.39. The Labute approximate surface area is 71.4 Å². The number of nitrogens with one attached hydrogen (secondary N) is 1. The minimum absolute atomic E-state index is 0.398. The van der Waals surface area contributed by atoms with Crippen LogP contribution in [0.1, 0.15) is 5.56 Å². The summed E-state index contributed by atoms with van der Waals surface area (Å²) in [7, 11) is 0. The Bertz CT molecular complexity index is 430. The largest absolute Gasteiger partial charge is 0.416 e. The van der Waals surface area contributed by atoms with Crippen LogP contribution in [0.3, 0.4) is 0 Å². The fourth-order valence-corrected chi connectivity index (χ4v) is 1.11. The Kier molecular flexibility index (Phi) is 1.55. The van der Waals surface area contributed by atoms with Gasteiger partial charge in [-0.05, 0) is 18.2 Å². The number of H-pyrrole nitrogens is 1. The highest BCUT2D eigenvalue weighted by molar-refractivity contribution is 5.75. The molecule has 0 aliphatic carbocycles. The lowest BCUT2D eigenvalue weighted by Gasteiger charge is -2.04. The molecule has 0 unspecified atom stereocenters. The van der Waals surface area contributed by atoms with Gasteiger partial charge >= 0.3 is 6.18 Å². The van der Waals surface area contributed by atoms with Crippen molar-refractivity contribution in [3.05, 3.63) is 30.1 Å². The number of rotatable bonds is 0. The first-order valence-corrected chi connectivity index (χ1v) is 3.58. The molecule has 13 heavy (non-hydrogen) atoms. The van der Waals surface area contributed by atoms with E-state index in [1.54, 1.807) is 0 Å². The van der Waals surface area contributed by atoms with Crippen molar-refractivity contribution < 1.29 is 13.2 Å². The fraction of sp³-hybridized carbons (Fsp3) is 0.125. The molecule has 1 N–H and O–H groups in total. The highest BCUT2D eigenvalue weighted by Crippen LogP contribution is 2.30. The minimum Gasteiger partial charge on any atom is -0.345 e. The quantitative estimate of drug-likeness (QED) is 0.673. The monoisotopic (exact) mass is 186 g/mol. The Morgan fingerprint density at radius 2 is 2.00 bits per heavy atom. The van der Waals surface area contributed by atoms with Gasteiger partial charge in [0.2, 0.25) is 0 Å². The van der Waals surface area contributed by atoms with Crippen LogP contribution in [0.4, 0.5) is 13.2 Å². The predicted octanol–water partition coefficient (Wildman–Crippen LogP) is 2.58. The maximum Gasteiger partial charge on any atom is 0.416 e. The molecule has 1 heterocycles. The van der Waals surface area contributed by atoms with E-state index in [-0.39, 0.29) is 0 Å². The molecule has 68 valence electrons. The van der Waals surface area contributed by atoms with Gasteiger partial charge in [-0.3, -0.25) is 0 Å². The van der Waals surface area contributed by atoms with Gasteiger partial charge in [0, 0.05) is 0 Å². The van der Waals surface area contributed by atoms with Crippen molar-refractivity contribution in [1.82, 2.24) is 9.97 Å². The number of hydrogen-bond donors (Lipinski definition) is 1. The number of imidazole rings is 1. The van der Waals surface area contributed by atoms with E-state index in [4.69, 9.17) is 0 Å². The van der Waals surface area contributed by atoms with Crippen LogP contribution in [-0.2, 0) is 6.18 Å². The highest BCUT2D eigenvalue weighted by Gasteiger charge is 2.30. The summed E-state index contributed by atoms with van der Waals surface area (Å²) in [6.45, 7) is 0. The van der Waals surface area contributed by atoms with Gasteiger partial charge in [0.1, 0.15) is 0 Å². The third kappa shape index (κ3) is 1.37. The topological polar surface area (TPSA) is 28.7 Å². The molecule has 0 bridgehead atoms. The molecule has 0 radical (unpaired) electrons. The van der Waals surface area contributed by atoms with Crippen LogP contribution in [-0.4, -0.2) is 9.97 Å². The molecule has 0 aliphatic heterocycles. The number of aromatic amines is 1. The summed E-state index contributed by atoms with van der Waals surface area (Å²) in [6, 6.07) is 3.40. The first-order valence-electron chi connectivity index (χ1n) is 3.58. The maximum absolute atomic E-state index is 12.2. The summed E-state index contributed by atoms with van der Waals surface area (Å²) in [6.07, 6.45) is -2.93. The lowest BCUT2D eigenvalue weighted by Crippen LogP contribution is -2.04. The van der Waals surface area contributed by atoms with Crippen LogP contribution in [0.5, 0.6) is 0 Å². The van der Waals surface area contributed by atoms with Crippen molar-refractivity contribution in [2.45, 2.75) is 6.18 Å². The summed E-state index contributed by atoms with van der Waals surface area (Å²) in [5, 5.41) is 0. The molecular formula is C8H5F3N2. The molecule has 5 heteroatoms. The molecule has 0 aliphatic rings. The Hall–Kier alpha value is -1.52. The normalized spacial score (nSPS) is 12.2. The zero-order valence-corrected chi connectivity index (χ0v) is 6.39. The number of alkyl halides is 3. The van der Waals surface area contributed by atoms with E-state index >= 15 is 0 Å². The summed E-state index contributed by atoms with van der Waals surface area (Å²) in [5.74, 6) is 0. The number of halogens is 3. The Balaban J connectivity index is 2.61. The van der Waals surface area contributed by atoms with Crippen LogP contribution >= 0.6 is 0 Å². The van der Waals surface area contributed by atoms with Gasteiger partial charge in [-0.1, -0.05) is 0 Å². The average Bonchev–Trinajstić information content (AvgIpc) is 2.47. The van der Waals surface area contributed by atoms with Crippen molar-refractivity contribution in [3.63, 3.8) is 0 Å². The minimum atomic E-state index is -4.29. The van der Waals surface area contributed by atoms with Crippen molar-refractivity contribution >= 4 is 11.0 Å². The molecule has 1 aromatic carbocycles. The third-order valence-electron chi connectivity index (χ3n) is 1.75. The van der Waals surface area contributed by atoms with E-state index in [1.807, 2.05) is 0 Å². The van der Waals surface area contributed by atoms with E-state index < -0.39 is 11.7 Å². The summed E-state index contributed by atoms with van der Waals surface area (Å²) in [5.41, 5.74) is 0.270. The molecule has 0 saturated heterocycles. The molecule has 0 spiro atoms. The standard InChI is InChI=1S/C8H5F3N2/c9-8(10,11)5-1-2-6-7(3-5)13-4-12-6/h1-4H,(H,12,13). The second kappa shape index (κ2) is 2.48. The first-order chi connectivity index (χ1) is 6.07. The van der Waals surface area contributed by atoms with Gasteiger partial charge < -0.3 is 4.98 Å². The lowest BCUT2D eigenvalue weighted by molar-refractivity contribution is -0.137. The summed E-state index contributed by atoms with van der Waals surface area (Å²) >= 11 is 0. The fourth-order valence-electron chi connectivity index (χ4n) is 1.11. The second-order valence-electron chi connectivity index (χ2n) is 2.63. The highest BCUT2D eigenvalue weighted by atomic mass is 19.4. The molecular weight excluding hydrogens is 181 g/mol. The number of aromatic nitrogens is 2. The molecule has 0 amide bonds. The SMILES string of the molecule is FC(F)(F)c1ccc2nc[nH]c2c1. The number of hydrogen-bond acceptors (Lipinski definition) is 1. The maximum atomic E-state index is 12.2. The number of nitrogens with zero attached hydrogens (tertiary/aromatic N) is 1. The van der Waals surface area contributed by atoms with E-state index in [1.165, 1.54) is 12.4 Å². The van der Waals surface area contributed by atoms with E-state index in [9.17, 15) is 13.2 Å². The van der Waals surface area contributed by atoms with Gasteiger partial charge in [-0.15, -0.1) is 0 Å². The molecule has 0 atom stereocenters. The van der Waals surface area contributed by atoms with Gasteiger partial charge in [0.05, 0.1) is 22.9 Å². The number of benzene rings is 1. The Morgan fingerprint density at radius 3 is 2.69 bits per heavy atom. The number of fused-ring (bicyclic) bond motifs is 1. The van der Waals surface area contributed by atoms with E-state index in [0.29, 0.717) is 11.0 Å². The van der Waals surface area contributed by atoms with Gasteiger partial charge in [-0.25, -0.2) is 4.98 Å². The smallest absolute Gasteiger partial charge is 0.345 e. The molecule has 2 rings (SSSR count). The zero-order chi connectivity index (χ0) is 9.47. The molecule has 0 saturated carbocycles. The van der Waals surface area contributed by atoms with E-state index in [0.717, 1.165) is 12.1 Å². The van der Waals surface area contributed by atoms with Gasteiger partial charge in [-0.2, -0.15) is 13.2 Å². The van der Waals surface area contributed by atoms with Crippen molar-refractivity contribution in [1.29, 1.82) is 0 Å². The van der Waals surface area contributed by atoms with Crippen molar-refractivity contribution in [3.8, 4) is 0 Å². The van der Waals surface area contributed by atoms with Crippen LogP contribution in [0.25, 0.3) is 11.0 Å². The third-order valence-corrected chi connectivity index (χ3v) is 1.75. The first kappa shape index (κ1) is 8.10. The van der Waals surface area contributed by atoms with Crippen LogP contribution < -0.4 is 0 Å². The Morgan fingerprint density at radius 1 is 1.23 bits per heavy atom. The lowest BCUT2D eigenvalue weighted by atomic mass is 10.2. The molecule has 2 nitrogen and oxygen atoms in total. The van der Waals surface area contributed by atoms with Gasteiger partial charge in [0.25, 0.3) is 0 Å². The summed E-state index contributed by atoms with van der Waals surface area (Å²) < 4.78 is 36.6. The van der Waals surface area contributed by atoms with Crippen molar-refractivity contribution in [2.24, 2.45) is 0 Å².